The lowest BCUT2D eigenvalue weighted by atomic mass is 9.93. The Morgan fingerprint density at radius 2 is 2.02 bits per heavy atom. The van der Waals surface area contributed by atoms with E-state index in [1.807, 2.05) is 11.0 Å². The maximum absolute atomic E-state index is 17.0. The van der Waals surface area contributed by atoms with Crippen molar-refractivity contribution in [2.24, 2.45) is 0 Å². The summed E-state index contributed by atoms with van der Waals surface area (Å²) >= 11 is 0.921. The van der Waals surface area contributed by atoms with Crippen molar-refractivity contribution in [2.75, 3.05) is 50.5 Å². The number of alkyl halides is 1. The Hall–Kier alpha value is -3.77. The monoisotopic (exact) mass is 623 g/mol. The van der Waals surface area contributed by atoms with Gasteiger partial charge in [-0.1, -0.05) is 0 Å². The molecule has 1 unspecified atom stereocenters. The van der Waals surface area contributed by atoms with Gasteiger partial charge in [-0.15, -0.1) is 11.3 Å². The summed E-state index contributed by atoms with van der Waals surface area (Å²) in [4.78, 5) is 17.8. The normalized spacial score (nSPS) is 23.3. The summed E-state index contributed by atoms with van der Waals surface area (Å²) in [6.07, 6.45) is 2.21. The molecule has 1 aromatic carbocycles. The third-order valence-electron chi connectivity index (χ3n) is 9.51. The number of fused-ring (bicyclic) bond motifs is 5. The first-order valence-corrected chi connectivity index (χ1v) is 15.3. The first-order valence-electron chi connectivity index (χ1n) is 14.5. The van der Waals surface area contributed by atoms with Crippen molar-refractivity contribution in [1.82, 2.24) is 19.9 Å². The van der Waals surface area contributed by atoms with Crippen LogP contribution in [0, 0.1) is 23.0 Å². The summed E-state index contributed by atoms with van der Waals surface area (Å²) in [5, 5.41) is 10.6. The summed E-state index contributed by atoms with van der Waals surface area (Å²) in [7, 11) is 1.64. The van der Waals surface area contributed by atoms with E-state index in [2.05, 4.69) is 14.9 Å². The Labute approximate surface area is 254 Å². The van der Waals surface area contributed by atoms with Crippen LogP contribution >= 0.6 is 11.3 Å². The third kappa shape index (κ3) is 3.99. The molecule has 2 atom stereocenters. The predicted octanol–water partition coefficient (Wildman–Crippen LogP) is 4.46. The van der Waals surface area contributed by atoms with Crippen molar-refractivity contribution in [2.45, 2.75) is 50.3 Å². The number of rotatable bonds is 6. The van der Waals surface area contributed by atoms with Crippen LogP contribution < -0.4 is 15.4 Å². The van der Waals surface area contributed by atoms with Gasteiger partial charge in [0.1, 0.15) is 35.2 Å². The van der Waals surface area contributed by atoms with Crippen molar-refractivity contribution < 1.29 is 27.4 Å². The highest BCUT2D eigenvalue weighted by Crippen LogP contribution is 2.47. The average molecular weight is 624 g/mol. The number of nitriles is 1. The number of thiophene rings is 1. The fraction of sp³-hybridized carbons (Fsp3) is 0.467. The average Bonchev–Trinajstić information content (AvgIpc) is 3.75. The highest BCUT2D eigenvalue weighted by Gasteiger charge is 2.49. The van der Waals surface area contributed by atoms with Crippen molar-refractivity contribution >= 4 is 43.1 Å². The molecule has 0 bridgehead atoms. The van der Waals surface area contributed by atoms with Crippen LogP contribution in [0.4, 0.5) is 24.0 Å². The van der Waals surface area contributed by atoms with Gasteiger partial charge in [0, 0.05) is 44.1 Å². The summed E-state index contributed by atoms with van der Waals surface area (Å²) < 4.78 is 64.0. The van der Waals surface area contributed by atoms with Crippen molar-refractivity contribution in [3.8, 4) is 23.3 Å². The number of nitrogens with zero attached hydrogens (tertiary/aromatic N) is 6. The lowest BCUT2D eigenvalue weighted by molar-refractivity contribution is 0.0781. The van der Waals surface area contributed by atoms with Gasteiger partial charge in [0.05, 0.1) is 52.4 Å². The topological polar surface area (TPSA) is 123 Å². The van der Waals surface area contributed by atoms with Crippen LogP contribution in [-0.4, -0.2) is 77.6 Å². The molecule has 4 aromatic rings. The number of nitrogens with two attached hydrogens (primary N) is 1. The number of pyridine rings is 1. The summed E-state index contributed by atoms with van der Waals surface area (Å²) in [5.74, 6) is -0.860. The van der Waals surface area contributed by atoms with Crippen LogP contribution in [0.3, 0.4) is 0 Å². The zero-order chi connectivity index (χ0) is 30.3. The number of benzene rings is 1. The lowest BCUT2D eigenvalue weighted by Gasteiger charge is -2.39. The molecule has 0 spiro atoms. The van der Waals surface area contributed by atoms with Crippen LogP contribution in [0.25, 0.3) is 32.2 Å². The predicted molar refractivity (Wildman–Crippen MR) is 157 cm³/mol. The summed E-state index contributed by atoms with van der Waals surface area (Å²) in [6, 6.07) is 2.01. The maximum Gasteiger partial charge on any atom is 0.319 e. The Kier molecular flexibility index (Phi) is 6.39. The van der Waals surface area contributed by atoms with Gasteiger partial charge in [-0.05, 0) is 30.5 Å². The molecule has 4 aliphatic heterocycles. The number of halogens is 3. The van der Waals surface area contributed by atoms with E-state index in [0.717, 1.165) is 36.9 Å². The lowest BCUT2D eigenvalue weighted by Crippen LogP contribution is -2.52. The number of hydrogen-bond donors (Lipinski definition) is 1. The number of aromatic nitrogens is 3. The minimum absolute atomic E-state index is 0.00155. The van der Waals surface area contributed by atoms with E-state index in [4.69, 9.17) is 24.9 Å². The molecule has 3 fully saturated rings. The first-order chi connectivity index (χ1) is 21.3. The van der Waals surface area contributed by atoms with E-state index in [9.17, 15) is 14.0 Å². The van der Waals surface area contributed by atoms with Crippen LogP contribution in [0.1, 0.15) is 36.0 Å². The smallest absolute Gasteiger partial charge is 0.319 e. The standard InChI is InChI=1S/C30H28F3N7O3S/c1-41-15-9-39(10-15)28-22-18-12-42-11-17(18)20(24-21-16(6-34)27(35)44-26(21)19(32)7-36-24)23(33)25(22)37-29(38-28)43-13-30-3-2-4-40(30)8-14(31)5-30/h7,14-15H,2-5,8-13,35H2,1H3/t14?,30-/m0/s1. The van der Waals surface area contributed by atoms with Gasteiger partial charge in [-0.25, -0.2) is 13.2 Å². The van der Waals surface area contributed by atoms with Gasteiger partial charge < -0.3 is 24.8 Å². The molecule has 0 amide bonds. The SMILES string of the molecule is COC1CN(c2nc(OC[C@@]34CCCN3CC(F)C4)nc3c(F)c(-c4ncc(F)c5sc(N)c(C#N)c45)c4c(c23)COC4)C1. The van der Waals surface area contributed by atoms with Crippen molar-refractivity contribution in [1.29, 1.82) is 5.26 Å². The maximum atomic E-state index is 17.0. The van der Waals surface area contributed by atoms with Crippen LogP contribution in [-0.2, 0) is 22.7 Å². The molecule has 0 aliphatic carbocycles. The Morgan fingerprint density at radius 3 is 2.82 bits per heavy atom. The van der Waals surface area contributed by atoms with Gasteiger partial charge in [-0.2, -0.15) is 15.2 Å². The molecule has 4 aliphatic rings. The number of ether oxygens (including phenoxy) is 3. The molecular formula is C30H28F3N7O3S. The second kappa shape index (κ2) is 10.1. The van der Waals surface area contributed by atoms with E-state index in [1.54, 1.807) is 7.11 Å². The van der Waals surface area contributed by atoms with Crippen molar-refractivity contribution in [3.63, 3.8) is 0 Å². The molecule has 2 N–H and O–H groups in total. The molecule has 0 saturated carbocycles. The number of hydrogen-bond acceptors (Lipinski definition) is 11. The van der Waals surface area contributed by atoms with Gasteiger partial charge in [0.2, 0.25) is 0 Å². The highest BCUT2D eigenvalue weighted by atomic mass is 32.1. The van der Waals surface area contributed by atoms with Gasteiger partial charge in [0.25, 0.3) is 0 Å². The van der Waals surface area contributed by atoms with E-state index in [0.29, 0.717) is 48.4 Å². The molecule has 44 heavy (non-hydrogen) atoms. The molecule has 0 radical (unpaired) electrons. The van der Waals surface area contributed by atoms with E-state index >= 15 is 4.39 Å². The second-order valence-corrected chi connectivity index (χ2v) is 13.0. The molecule has 3 aromatic heterocycles. The molecule has 228 valence electrons. The molecular weight excluding hydrogens is 595 g/mol. The Bertz CT molecular complexity index is 1890. The Balaban J connectivity index is 1.32. The quantitative estimate of drug-likeness (QED) is 0.329. The largest absolute Gasteiger partial charge is 0.461 e. The molecule has 7 heterocycles. The van der Waals surface area contributed by atoms with Crippen molar-refractivity contribution in [3.05, 3.63) is 34.5 Å². The van der Waals surface area contributed by atoms with Gasteiger partial charge in [-0.3, -0.25) is 9.88 Å². The molecule has 10 nitrogen and oxygen atoms in total. The van der Waals surface area contributed by atoms with Gasteiger partial charge in [0.15, 0.2) is 11.6 Å². The zero-order valence-corrected chi connectivity index (χ0v) is 24.6. The van der Waals surface area contributed by atoms with E-state index in [-0.39, 0.29) is 69.4 Å². The van der Waals surface area contributed by atoms with Crippen LogP contribution in [0.15, 0.2) is 6.20 Å². The highest BCUT2D eigenvalue weighted by molar-refractivity contribution is 7.23. The first kappa shape index (κ1) is 27.8. The van der Waals surface area contributed by atoms with E-state index < -0.39 is 23.3 Å². The molecule has 3 saturated heterocycles. The minimum atomic E-state index is -0.925. The summed E-state index contributed by atoms with van der Waals surface area (Å²) in [6.45, 7) is 2.71. The number of methoxy groups -OCH3 is 1. The second-order valence-electron chi connectivity index (χ2n) is 11.9. The fourth-order valence-corrected chi connectivity index (χ4v) is 8.25. The minimum Gasteiger partial charge on any atom is -0.461 e. The fourth-order valence-electron chi connectivity index (χ4n) is 7.33. The van der Waals surface area contributed by atoms with Crippen LogP contribution in [0.5, 0.6) is 6.01 Å². The Morgan fingerprint density at radius 1 is 1.20 bits per heavy atom. The molecule has 8 rings (SSSR count). The van der Waals surface area contributed by atoms with Crippen LogP contribution in [0.2, 0.25) is 0 Å². The summed E-state index contributed by atoms with van der Waals surface area (Å²) in [5.41, 5.74) is 7.07. The third-order valence-corrected chi connectivity index (χ3v) is 10.5. The number of nitrogen functional groups attached to an aromatic ring is 1. The molecule has 14 heteroatoms. The van der Waals surface area contributed by atoms with E-state index in [1.165, 1.54) is 0 Å². The number of anilines is 2. The zero-order valence-electron chi connectivity index (χ0n) is 23.8. The van der Waals surface area contributed by atoms with Gasteiger partial charge >= 0.3 is 6.01 Å².